The van der Waals surface area contributed by atoms with Gasteiger partial charge >= 0.3 is 0 Å². The van der Waals surface area contributed by atoms with Gasteiger partial charge in [-0.2, -0.15) is 5.26 Å². The lowest BCUT2D eigenvalue weighted by Gasteiger charge is -2.22. The van der Waals surface area contributed by atoms with E-state index in [-0.39, 0.29) is 0 Å². The maximum absolute atomic E-state index is 8.86. The highest BCUT2D eigenvalue weighted by atomic mass is 16.5. The van der Waals surface area contributed by atoms with Crippen molar-refractivity contribution in [3.63, 3.8) is 0 Å². The quantitative estimate of drug-likeness (QED) is 0.615. The van der Waals surface area contributed by atoms with Crippen LogP contribution in [0.5, 0.6) is 5.75 Å². The number of allylic oxidation sites excluding steroid dienone is 3. The lowest BCUT2D eigenvalue weighted by molar-refractivity contribution is 0.471. The number of hydrogen-bond acceptors (Lipinski definition) is 3. The van der Waals surface area contributed by atoms with Gasteiger partial charge in [-0.25, -0.2) is 0 Å². The molecule has 2 aliphatic heterocycles. The minimum Gasteiger partial charge on any atom is -0.464 e. The van der Waals surface area contributed by atoms with Crippen molar-refractivity contribution >= 4 is 5.57 Å². The predicted molar refractivity (Wildman–Crippen MR) is 59.7 cm³/mol. The fourth-order valence-corrected chi connectivity index (χ4v) is 1.82. The molecule has 0 fully saturated rings. The molecule has 3 rings (SSSR count). The van der Waals surface area contributed by atoms with Crippen LogP contribution in [0.2, 0.25) is 0 Å². The standard InChI is InChI=1S/C13H8N2O/c14-9-15-6-5-10-8-16-13-4-2-1-3-11(13)12(10)7-15/h1-8H. The van der Waals surface area contributed by atoms with E-state index in [1.54, 1.807) is 12.5 Å². The predicted octanol–water partition coefficient (Wildman–Crippen LogP) is 2.61. The topological polar surface area (TPSA) is 36.3 Å². The third-order valence-electron chi connectivity index (χ3n) is 2.60. The second kappa shape index (κ2) is 3.28. The average Bonchev–Trinajstić information content (AvgIpc) is 2.38. The Labute approximate surface area is 93.2 Å². The van der Waals surface area contributed by atoms with Crippen LogP contribution >= 0.6 is 0 Å². The molecule has 0 radical (unpaired) electrons. The summed E-state index contributed by atoms with van der Waals surface area (Å²) in [7, 11) is 0. The minimum atomic E-state index is 0.825. The van der Waals surface area contributed by atoms with Crippen molar-refractivity contribution in [2.24, 2.45) is 0 Å². The number of rotatable bonds is 0. The van der Waals surface area contributed by atoms with Gasteiger partial charge in [0.2, 0.25) is 0 Å². The Morgan fingerprint density at radius 3 is 3.00 bits per heavy atom. The molecule has 0 saturated carbocycles. The van der Waals surface area contributed by atoms with Gasteiger partial charge in [-0.1, -0.05) is 18.2 Å². The Bertz CT molecular complexity index is 576. The lowest BCUT2D eigenvalue weighted by atomic mass is 9.95. The fraction of sp³-hybridized carbons (Fsp3) is 0. The van der Waals surface area contributed by atoms with Gasteiger partial charge in [-0.05, 0) is 12.1 Å². The van der Waals surface area contributed by atoms with Crippen LogP contribution in [0.25, 0.3) is 5.57 Å². The molecule has 76 valence electrons. The number of fused-ring (bicyclic) bond motifs is 3. The number of para-hydroxylation sites is 1. The zero-order valence-electron chi connectivity index (χ0n) is 8.42. The molecule has 0 atom stereocenters. The largest absolute Gasteiger partial charge is 0.464 e. The Morgan fingerprint density at radius 1 is 1.25 bits per heavy atom. The van der Waals surface area contributed by atoms with Crippen LogP contribution in [0.1, 0.15) is 5.56 Å². The zero-order valence-corrected chi connectivity index (χ0v) is 8.42. The molecular weight excluding hydrogens is 200 g/mol. The molecule has 0 N–H and O–H groups in total. The Hall–Kier alpha value is -2.47. The van der Waals surface area contributed by atoms with E-state index in [1.807, 2.05) is 36.5 Å². The van der Waals surface area contributed by atoms with Crippen molar-refractivity contribution in [3.05, 3.63) is 60.1 Å². The highest BCUT2D eigenvalue weighted by molar-refractivity contribution is 5.86. The van der Waals surface area contributed by atoms with Crippen molar-refractivity contribution in [2.75, 3.05) is 0 Å². The molecule has 0 spiro atoms. The van der Waals surface area contributed by atoms with E-state index < -0.39 is 0 Å². The summed E-state index contributed by atoms with van der Waals surface area (Å²) >= 11 is 0. The first-order valence-electron chi connectivity index (χ1n) is 4.93. The van der Waals surface area contributed by atoms with Crippen molar-refractivity contribution in [1.29, 1.82) is 5.26 Å². The van der Waals surface area contributed by atoms with E-state index in [4.69, 9.17) is 10.00 Å². The molecule has 0 aromatic heterocycles. The van der Waals surface area contributed by atoms with E-state index in [0.717, 1.165) is 22.5 Å². The van der Waals surface area contributed by atoms with Crippen molar-refractivity contribution in [1.82, 2.24) is 4.90 Å². The molecule has 0 unspecified atom stereocenters. The molecule has 0 saturated heterocycles. The second-order valence-electron chi connectivity index (χ2n) is 3.55. The van der Waals surface area contributed by atoms with Gasteiger partial charge in [0.15, 0.2) is 6.19 Å². The van der Waals surface area contributed by atoms with E-state index in [9.17, 15) is 0 Å². The first kappa shape index (κ1) is 8.81. The Kier molecular flexibility index (Phi) is 1.81. The van der Waals surface area contributed by atoms with Crippen molar-refractivity contribution in [3.8, 4) is 11.9 Å². The molecule has 0 aliphatic carbocycles. The van der Waals surface area contributed by atoms with E-state index in [1.165, 1.54) is 4.90 Å². The number of ether oxygens (including phenoxy) is 1. The third kappa shape index (κ3) is 1.21. The van der Waals surface area contributed by atoms with Gasteiger partial charge < -0.3 is 4.74 Å². The SMILES string of the molecule is N#CN1C=CC2=COc3ccccc3C2=C1. The molecule has 2 heterocycles. The molecule has 0 amide bonds. The van der Waals surface area contributed by atoms with Gasteiger partial charge in [-0.3, -0.25) is 4.90 Å². The van der Waals surface area contributed by atoms with Crippen LogP contribution in [0, 0.1) is 11.5 Å². The Balaban J connectivity index is 2.16. The minimum absolute atomic E-state index is 0.825. The van der Waals surface area contributed by atoms with Crippen molar-refractivity contribution in [2.45, 2.75) is 0 Å². The maximum atomic E-state index is 8.86. The molecule has 2 aliphatic rings. The van der Waals surface area contributed by atoms with Gasteiger partial charge in [0.25, 0.3) is 0 Å². The number of nitriles is 1. The molecular formula is C13H8N2O. The normalized spacial score (nSPS) is 16.3. The molecule has 1 aromatic rings. The Morgan fingerprint density at radius 2 is 2.12 bits per heavy atom. The van der Waals surface area contributed by atoms with Crippen LogP contribution in [0.4, 0.5) is 0 Å². The van der Waals surface area contributed by atoms with E-state index in [2.05, 4.69) is 6.19 Å². The molecule has 16 heavy (non-hydrogen) atoms. The van der Waals surface area contributed by atoms with Gasteiger partial charge in [0.1, 0.15) is 5.75 Å². The lowest BCUT2D eigenvalue weighted by Crippen LogP contribution is -2.10. The number of hydrogen-bond donors (Lipinski definition) is 0. The molecule has 3 heteroatoms. The van der Waals surface area contributed by atoms with Crippen LogP contribution in [-0.2, 0) is 0 Å². The summed E-state index contributed by atoms with van der Waals surface area (Å²) in [6.07, 6.45) is 9.17. The van der Waals surface area contributed by atoms with Crippen molar-refractivity contribution < 1.29 is 4.74 Å². The smallest absolute Gasteiger partial charge is 0.188 e. The molecule has 0 bridgehead atoms. The monoisotopic (exact) mass is 208 g/mol. The summed E-state index contributed by atoms with van der Waals surface area (Å²) in [5.41, 5.74) is 3.03. The fourth-order valence-electron chi connectivity index (χ4n) is 1.82. The van der Waals surface area contributed by atoms with Gasteiger partial charge in [0, 0.05) is 29.1 Å². The number of benzene rings is 1. The zero-order chi connectivity index (χ0) is 11.0. The summed E-state index contributed by atoms with van der Waals surface area (Å²) in [6.45, 7) is 0. The summed E-state index contributed by atoms with van der Waals surface area (Å²) in [6, 6.07) is 7.79. The summed E-state index contributed by atoms with van der Waals surface area (Å²) < 4.78 is 5.51. The first-order valence-corrected chi connectivity index (χ1v) is 4.93. The van der Waals surface area contributed by atoms with Crippen LogP contribution in [-0.4, -0.2) is 4.90 Å². The first-order chi connectivity index (χ1) is 7.88. The third-order valence-corrected chi connectivity index (χ3v) is 2.60. The summed E-state index contributed by atoms with van der Waals surface area (Å²) in [5.74, 6) is 0.825. The summed E-state index contributed by atoms with van der Waals surface area (Å²) in [4.78, 5) is 1.48. The molecule has 1 aromatic carbocycles. The van der Waals surface area contributed by atoms with E-state index >= 15 is 0 Å². The maximum Gasteiger partial charge on any atom is 0.188 e. The van der Waals surface area contributed by atoms with Crippen LogP contribution in [0.15, 0.2) is 54.6 Å². The summed E-state index contributed by atoms with van der Waals surface area (Å²) in [5, 5.41) is 8.86. The highest BCUT2D eigenvalue weighted by Gasteiger charge is 2.19. The second-order valence-corrected chi connectivity index (χ2v) is 3.55. The molecule has 3 nitrogen and oxygen atoms in total. The van der Waals surface area contributed by atoms with Crippen LogP contribution < -0.4 is 4.74 Å². The number of nitrogens with zero attached hydrogens (tertiary/aromatic N) is 2. The van der Waals surface area contributed by atoms with Gasteiger partial charge in [0.05, 0.1) is 6.26 Å². The van der Waals surface area contributed by atoms with E-state index in [0.29, 0.717) is 0 Å². The van der Waals surface area contributed by atoms with Crippen LogP contribution in [0.3, 0.4) is 0 Å². The van der Waals surface area contributed by atoms with Gasteiger partial charge in [-0.15, -0.1) is 0 Å². The average molecular weight is 208 g/mol. The highest BCUT2D eigenvalue weighted by Crippen LogP contribution is 2.37.